The van der Waals surface area contributed by atoms with E-state index in [0.717, 1.165) is 0 Å². The lowest BCUT2D eigenvalue weighted by atomic mass is 10.1. The number of sulfonamides is 1. The third kappa shape index (κ3) is 3.10. The molecule has 1 atom stereocenters. The second-order valence-corrected chi connectivity index (χ2v) is 7.59. The first kappa shape index (κ1) is 16.8. The molecule has 6 nitrogen and oxygen atoms in total. The number of carbonyl (C=O) groups is 1. The van der Waals surface area contributed by atoms with Crippen LogP contribution in [-0.2, 0) is 14.8 Å². The van der Waals surface area contributed by atoms with Gasteiger partial charge >= 0.3 is 0 Å². The van der Waals surface area contributed by atoms with E-state index in [-0.39, 0.29) is 16.8 Å². The molecule has 0 aromatic heterocycles. The van der Waals surface area contributed by atoms with Crippen LogP contribution in [0.5, 0.6) is 5.75 Å². The summed E-state index contributed by atoms with van der Waals surface area (Å²) in [5.41, 5.74) is 0.645. The largest absolute Gasteiger partial charge is 0.497 e. The highest BCUT2D eigenvalue weighted by atomic mass is 32.2. The van der Waals surface area contributed by atoms with Gasteiger partial charge in [-0.15, -0.1) is 0 Å². The van der Waals surface area contributed by atoms with Crippen molar-refractivity contribution in [2.24, 2.45) is 0 Å². The van der Waals surface area contributed by atoms with Gasteiger partial charge in [-0.05, 0) is 37.1 Å². The smallest absolute Gasteiger partial charge is 0.243 e. The second kappa shape index (κ2) is 6.26. The highest BCUT2D eigenvalue weighted by molar-refractivity contribution is 7.89. The molecule has 0 radical (unpaired) electrons. The van der Waals surface area contributed by atoms with Gasteiger partial charge in [-0.2, -0.15) is 4.31 Å². The lowest BCUT2D eigenvalue weighted by Gasteiger charge is -2.35. The predicted molar refractivity (Wildman–Crippen MR) is 83.3 cm³/mol. The fraction of sp³-hybridized carbons (Fsp3) is 0.533. The molecule has 1 aliphatic rings. The maximum Gasteiger partial charge on any atom is 0.243 e. The summed E-state index contributed by atoms with van der Waals surface area (Å²) in [4.78, 5) is 13.4. The minimum atomic E-state index is -3.60. The summed E-state index contributed by atoms with van der Waals surface area (Å²) in [6.45, 7) is 2.17. The number of methoxy groups -OCH3 is 1. The van der Waals surface area contributed by atoms with Crippen LogP contribution >= 0.6 is 0 Å². The third-order valence-corrected chi connectivity index (χ3v) is 6.23. The van der Waals surface area contributed by atoms with Gasteiger partial charge in [0.1, 0.15) is 5.75 Å². The van der Waals surface area contributed by atoms with Gasteiger partial charge < -0.3 is 9.64 Å². The first-order valence-corrected chi connectivity index (χ1v) is 8.58. The zero-order valence-corrected chi connectivity index (χ0v) is 14.2. The van der Waals surface area contributed by atoms with Gasteiger partial charge in [0.25, 0.3) is 0 Å². The molecule has 1 fully saturated rings. The number of rotatable bonds is 4. The number of likely N-dealkylation sites (N-methyl/N-ethyl adjacent to an activating group) is 2. The molecule has 1 aromatic carbocycles. The SMILES string of the molecule is COc1ccc(S(=O)(=O)N(C)[C@H]2CCC(=O)N(C)C2)c(C)c1. The summed E-state index contributed by atoms with van der Waals surface area (Å²) in [6.07, 6.45) is 0.927. The Bertz CT molecular complexity index is 672. The Labute approximate surface area is 131 Å². The molecule has 1 heterocycles. The summed E-state index contributed by atoms with van der Waals surface area (Å²) in [5, 5.41) is 0. The summed E-state index contributed by atoms with van der Waals surface area (Å²) >= 11 is 0. The van der Waals surface area contributed by atoms with Crippen molar-refractivity contribution in [3.63, 3.8) is 0 Å². The van der Waals surface area contributed by atoms with Crippen LogP contribution in [-0.4, -0.2) is 57.3 Å². The highest BCUT2D eigenvalue weighted by Crippen LogP contribution is 2.26. The molecule has 1 saturated heterocycles. The molecular formula is C15H22N2O4S. The maximum atomic E-state index is 12.8. The van der Waals surface area contributed by atoms with E-state index in [4.69, 9.17) is 4.74 Å². The Morgan fingerprint density at radius 2 is 2.05 bits per heavy atom. The second-order valence-electron chi connectivity index (χ2n) is 5.62. The average Bonchev–Trinajstić information content (AvgIpc) is 2.48. The molecule has 1 amide bonds. The van der Waals surface area contributed by atoms with E-state index in [1.54, 1.807) is 51.2 Å². The molecule has 1 aliphatic heterocycles. The summed E-state index contributed by atoms with van der Waals surface area (Å²) in [6, 6.07) is 4.72. The third-order valence-electron chi connectivity index (χ3n) is 4.16. The van der Waals surface area contributed by atoms with Gasteiger partial charge in [0, 0.05) is 33.1 Å². The van der Waals surface area contributed by atoms with Gasteiger partial charge in [0.2, 0.25) is 15.9 Å². The normalized spacial score (nSPS) is 19.6. The van der Waals surface area contributed by atoms with Crippen LogP contribution in [0.25, 0.3) is 0 Å². The number of hydrogen-bond acceptors (Lipinski definition) is 4. The molecule has 22 heavy (non-hydrogen) atoms. The van der Waals surface area contributed by atoms with Gasteiger partial charge in [0.05, 0.1) is 12.0 Å². The number of benzene rings is 1. The van der Waals surface area contributed by atoms with Gasteiger partial charge in [-0.3, -0.25) is 4.79 Å². The van der Waals surface area contributed by atoms with E-state index in [0.29, 0.717) is 30.7 Å². The molecule has 7 heteroatoms. The Morgan fingerprint density at radius 3 is 2.59 bits per heavy atom. The van der Waals surface area contributed by atoms with Gasteiger partial charge in [-0.25, -0.2) is 8.42 Å². The standard InChI is InChI=1S/C15H22N2O4S/c1-11-9-13(21-4)6-7-14(11)22(19,20)17(3)12-5-8-15(18)16(2)10-12/h6-7,9,12H,5,8,10H2,1-4H3/t12-/m0/s1. The van der Waals surface area contributed by atoms with E-state index in [1.165, 1.54) is 4.31 Å². The minimum Gasteiger partial charge on any atom is -0.497 e. The quantitative estimate of drug-likeness (QED) is 0.835. The minimum absolute atomic E-state index is 0.0580. The van der Waals surface area contributed by atoms with Crippen molar-refractivity contribution in [3.05, 3.63) is 23.8 Å². The van der Waals surface area contributed by atoms with Crippen LogP contribution in [0.4, 0.5) is 0 Å². The number of piperidine rings is 1. The summed E-state index contributed by atoms with van der Waals surface area (Å²) in [5.74, 6) is 0.685. The molecule has 0 aliphatic carbocycles. The lowest BCUT2D eigenvalue weighted by molar-refractivity contribution is -0.133. The van der Waals surface area contributed by atoms with E-state index in [1.807, 2.05) is 0 Å². The number of amides is 1. The van der Waals surface area contributed by atoms with Crippen molar-refractivity contribution in [1.29, 1.82) is 0 Å². The Kier molecular flexibility index (Phi) is 4.77. The van der Waals surface area contributed by atoms with Crippen LogP contribution < -0.4 is 4.74 Å². The molecule has 0 saturated carbocycles. The van der Waals surface area contributed by atoms with Gasteiger partial charge in [-0.1, -0.05) is 0 Å². The Morgan fingerprint density at radius 1 is 1.36 bits per heavy atom. The molecule has 0 unspecified atom stereocenters. The van der Waals surface area contributed by atoms with E-state index >= 15 is 0 Å². The molecule has 2 rings (SSSR count). The lowest BCUT2D eigenvalue weighted by Crippen LogP contribution is -2.49. The zero-order valence-electron chi connectivity index (χ0n) is 13.4. The zero-order chi connectivity index (χ0) is 16.5. The molecule has 1 aromatic rings. The summed E-state index contributed by atoms with van der Waals surface area (Å²) < 4.78 is 32.1. The monoisotopic (exact) mass is 326 g/mol. The highest BCUT2D eigenvalue weighted by Gasteiger charge is 2.33. The van der Waals surface area contributed by atoms with Gasteiger partial charge in [0.15, 0.2) is 0 Å². The van der Waals surface area contributed by atoms with Crippen molar-refractivity contribution in [3.8, 4) is 5.75 Å². The van der Waals surface area contributed by atoms with Crippen LogP contribution in [0.15, 0.2) is 23.1 Å². The molecular weight excluding hydrogens is 304 g/mol. The number of hydrogen-bond donors (Lipinski definition) is 0. The van der Waals surface area contributed by atoms with E-state index < -0.39 is 10.0 Å². The van der Waals surface area contributed by atoms with E-state index in [9.17, 15) is 13.2 Å². The fourth-order valence-corrected chi connectivity index (χ4v) is 4.26. The van der Waals surface area contributed by atoms with Crippen LogP contribution in [0.2, 0.25) is 0 Å². The first-order chi connectivity index (χ1) is 10.3. The number of aryl methyl sites for hydroxylation is 1. The fourth-order valence-electron chi connectivity index (χ4n) is 2.68. The van der Waals surface area contributed by atoms with Crippen molar-refractivity contribution in [2.75, 3.05) is 27.7 Å². The maximum absolute atomic E-state index is 12.8. The topological polar surface area (TPSA) is 66.9 Å². The molecule has 0 bridgehead atoms. The Hall–Kier alpha value is -1.60. The van der Waals surface area contributed by atoms with Crippen molar-refractivity contribution >= 4 is 15.9 Å². The number of carbonyl (C=O) groups excluding carboxylic acids is 1. The molecule has 122 valence electrons. The van der Waals surface area contributed by atoms with Crippen LogP contribution in [0.3, 0.4) is 0 Å². The summed E-state index contributed by atoms with van der Waals surface area (Å²) in [7, 11) is 1.23. The number of nitrogens with zero attached hydrogens (tertiary/aromatic N) is 2. The first-order valence-electron chi connectivity index (χ1n) is 7.14. The molecule has 0 spiro atoms. The van der Waals surface area contributed by atoms with Crippen LogP contribution in [0, 0.1) is 6.92 Å². The van der Waals surface area contributed by atoms with Crippen LogP contribution in [0.1, 0.15) is 18.4 Å². The van der Waals surface area contributed by atoms with Crippen molar-refractivity contribution in [1.82, 2.24) is 9.21 Å². The Balaban J connectivity index is 2.28. The number of likely N-dealkylation sites (tertiary alicyclic amines) is 1. The van der Waals surface area contributed by atoms with E-state index in [2.05, 4.69) is 0 Å². The van der Waals surface area contributed by atoms with Crippen molar-refractivity contribution < 1.29 is 17.9 Å². The average molecular weight is 326 g/mol. The predicted octanol–water partition coefficient (Wildman–Crippen LogP) is 1.24. The molecule has 0 N–H and O–H groups in total. The number of ether oxygens (including phenoxy) is 1. The van der Waals surface area contributed by atoms with Crippen molar-refractivity contribution in [2.45, 2.75) is 30.7 Å².